The van der Waals surface area contributed by atoms with E-state index in [4.69, 9.17) is 10.5 Å². The van der Waals surface area contributed by atoms with Gasteiger partial charge in [-0.05, 0) is 31.0 Å². The summed E-state index contributed by atoms with van der Waals surface area (Å²) in [4.78, 5) is 0. The van der Waals surface area contributed by atoms with Gasteiger partial charge >= 0.3 is 0 Å². The van der Waals surface area contributed by atoms with Crippen LogP contribution in [0.15, 0.2) is 24.3 Å². The molecule has 0 radical (unpaired) electrons. The molecule has 2 heteroatoms. The smallest absolute Gasteiger partial charge is 0.0586 e. The Morgan fingerprint density at radius 1 is 1.36 bits per heavy atom. The van der Waals surface area contributed by atoms with Crippen molar-refractivity contribution in [1.29, 1.82) is 0 Å². The zero-order valence-electron chi connectivity index (χ0n) is 8.62. The number of aryl methyl sites for hydroxylation is 1. The van der Waals surface area contributed by atoms with E-state index < -0.39 is 0 Å². The highest BCUT2D eigenvalue weighted by atomic mass is 16.5. The molecular formula is C12H17NO. The van der Waals surface area contributed by atoms with Gasteiger partial charge < -0.3 is 10.5 Å². The third-order valence-corrected chi connectivity index (χ3v) is 3.10. The van der Waals surface area contributed by atoms with Crippen LogP contribution in [0.1, 0.15) is 17.5 Å². The molecule has 0 atom stereocenters. The molecule has 0 spiro atoms. The van der Waals surface area contributed by atoms with E-state index >= 15 is 0 Å². The summed E-state index contributed by atoms with van der Waals surface area (Å²) in [7, 11) is 0. The Balaban J connectivity index is 2.32. The second kappa shape index (κ2) is 3.71. The molecule has 76 valence electrons. The first kappa shape index (κ1) is 9.69. The molecular weight excluding hydrogens is 174 g/mol. The van der Waals surface area contributed by atoms with Gasteiger partial charge in [-0.25, -0.2) is 0 Å². The zero-order chi connectivity index (χ0) is 10.0. The van der Waals surface area contributed by atoms with Gasteiger partial charge in [0.05, 0.1) is 13.2 Å². The highest BCUT2D eigenvalue weighted by Gasteiger charge is 2.40. The van der Waals surface area contributed by atoms with E-state index in [0.29, 0.717) is 0 Å². The lowest BCUT2D eigenvalue weighted by Gasteiger charge is -2.42. The minimum absolute atomic E-state index is 0.208. The van der Waals surface area contributed by atoms with E-state index in [-0.39, 0.29) is 5.41 Å². The molecule has 2 rings (SSSR count). The Hall–Kier alpha value is -0.860. The van der Waals surface area contributed by atoms with Crippen molar-refractivity contribution < 1.29 is 4.74 Å². The molecule has 0 saturated carbocycles. The van der Waals surface area contributed by atoms with Crippen LogP contribution in [0.2, 0.25) is 0 Å². The largest absolute Gasteiger partial charge is 0.379 e. The van der Waals surface area contributed by atoms with Gasteiger partial charge in [-0.1, -0.05) is 24.3 Å². The lowest BCUT2D eigenvalue weighted by Crippen LogP contribution is -2.48. The van der Waals surface area contributed by atoms with Crippen molar-refractivity contribution in [2.45, 2.75) is 18.8 Å². The average Bonchev–Trinajstić information content (AvgIpc) is 2.13. The van der Waals surface area contributed by atoms with Crippen molar-refractivity contribution in [3.63, 3.8) is 0 Å². The van der Waals surface area contributed by atoms with Crippen LogP contribution in [0, 0.1) is 6.92 Å². The van der Waals surface area contributed by atoms with Crippen LogP contribution in [0.5, 0.6) is 0 Å². The van der Waals surface area contributed by atoms with Gasteiger partial charge in [0.15, 0.2) is 0 Å². The summed E-state index contributed by atoms with van der Waals surface area (Å²) in [6, 6.07) is 8.53. The minimum atomic E-state index is 0.208. The summed E-state index contributed by atoms with van der Waals surface area (Å²) >= 11 is 0. The molecule has 0 bridgehead atoms. The Kier molecular flexibility index (Phi) is 2.57. The number of rotatable bonds is 3. The average molecular weight is 191 g/mol. The van der Waals surface area contributed by atoms with Gasteiger partial charge in [-0.2, -0.15) is 0 Å². The van der Waals surface area contributed by atoms with Crippen LogP contribution in [0.25, 0.3) is 0 Å². The van der Waals surface area contributed by atoms with Crippen LogP contribution >= 0.6 is 0 Å². The second-order valence-electron chi connectivity index (χ2n) is 4.13. The molecule has 0 unspecified atom stereocenters. The normalized spacial score (nSPS) is 19.0. The Morgan fingerprint density at radius 2 is 2.07 bits per heavy atom. The number of hydrogen-bond donors (Lipinski definition) is 1. The van der Waals surface area contributed by atoms with Gasteiger partial charge in [0.1, 0.15) is 0 Å². The maximum atomic E-state index is 5.66. The number of ether oxygens (including phenoxy) is 1. The first-order valence-electron chi connectivity index (χ1n) is 5.12. The highest BCUT2D eigenvalue weighted by Crippen LogP contribution is 2.36. The van der Waals surface area contributed by atoms with Gasteiger partial charge in [0, 0.05) is 5.41 Å². The van der Waals surface area contributed by atoms with Crippen molar-refractivity contribution in [2.24, 2.45) is 5.73 Å². The van der Waals surface area contributed by atoms with Gasteiger partial charge in [0.25, 0.3) is 0 Å². The van der Waals surface area contributed by atoms with Gasteiger partial charge in [-0.15, -0.1) is 0 Å². The predicted molar refractivity (Wildman–Crippen MR) is 57.3 cm³/mol. The first-order valence-corrected chi connectivity index (χ1v) is 5.12. The van der Waals surface area contributed by atoms with E-state index in [0.717, 1.165) is 26.2 Å². The predicted octanol–water partition coefficient (Wildman–Crippen LogP) is 1.61. The van der Waals surface area contributed by atoms with E-state index in [1.54, 1.807) is 0 Å². The topological polar surface area (TPSA) is 35.2 Å². The summed E-state index contributed by atoms with van der Waals surface area (Å²) in [5, 5.41) is 0. The maximum Gasteiger partial charge on any atom is 0.0586 e. The maximum absolute atomic E-state index is 5.66. The standard InChI is InChI=1S/C12H17NO/c1-10-4-2-3-5-11(10)12(6-7-13)8-14-9-12/h2-5H,6-9,13H2,1H3. The molecule has 2 N–H and O–H groups in total. The zero-order valence-corrected chi connectivity index (χ0v) is 8.62. The number of benzene rings is 1. The molecule has 1 aromatic rings. The molecule has 0 amide bonds. The van der Waals surface area contributed by atoms with E-state index in [2.05, 4.69) is 31.2 Å². The molecule has 1 heterocycles. The van der Waals surface area contributed by atoms with E-state index in [9.17, 15) is 0 Å². The third-order valence-electron chi connectivity index (χ3n) is 3.10. The van der Waals surface area contributed by atoms with Gasteiger partial charge in [-0.3, -0.25) is 0 Å². The molecule has 2 nitrogen and oxygen atoms in total. The summed E-state index contributed by atoms with van der Waals surface area (Å²) in [5.41, 5.74) is 8.63. The first-order chi connectivity index (χ1) is 6.78. The van der Waals surface area contributed by atoms with Crippen LogP contribution in [0.4, 0.5) is 0 Å². The minimum Gasteiger partial charge on any atom is -0.379 e. The number of nitrogens with two attached hydrogens (primary N) is 1. The summed E-state index contributed by atoms with van der Waals surface area (Å²) in [6.07, 6.45) is 1.03. The lowest BCUT2D eigenvalue weighted by molar-refractivity contribution is -0.0634. The molecule has 1 saturated heterocycles. The third kappa shape index (κ3) is 1.45. The van der Waals surface area contributed by atoms with Crippen molar-refractivity contribution in [2.75, 3.05) is 19.8 Å². The summed E-state index contributed by atoms with van der Waals surface area (Å²) in [5.74, 6) is 0. The van der Waals surface area contributed by atoms with Crippen molar-refractivity contribution in [3.05, 3.63) is 35.4 Å². The summed E-state index contributed by atoms with van der Waals surface area (Å²) < 4.78 is 5.34. The Morgan fingerprint density at radius 3 is 2.57 bits per heavy atom. The highest BCUT2D eigenvalue weighted by molar-refractivity contribution is 5.35. The fourth-order valence-corrected chi connectivity index (χ4v) is 2.23. The van der Waals surface area contributed by atoms with Crippen LogP contribution in [-0.4, -0.2) is 19.8 Å². The molecule has 1 fully saturated rings. The molecule has 0 aliphatic carbocycles. The quantitative estimate of drug-likeness (QED) is 0.787. The fraction of sp³-hybridized carbons (Fsp3) is 0.500. The van der Waals surface area contributed by atoms with E-state index in [1.807, 2.05) is 0 Å². The summed E-state index contributed by atoms with van der Waals surface area (Å²) in [6.45, 7) is 4.55. The lowest BCUT2D eigenvalue weighted by atomic mass is 9.74. The Labute approximate surface area is 85.1 Å². The van der Waals surface area contributed by atoms with Crippen LogP contribution in [-0.2, 0) is 10.2 Å². The molecule has 1 aliphatic heterocycles. The van der Waals surface area contributed by atoms with Crippen LogP contribution < -0.4 is 5.73 Å². The second-order valence-corrected chi connectivity index (χ2v) is 4.13. The molecule has 1 aromatic carbocycles. The SMILES string of the molecule is Cc1ccccc1C1(CCN)COC1. The Bertz CT molecular complexity index is 318. The van der Waals surface area contributed by atoms with E-state index in [1.165, 1.54) is 11.1 Å². The van der Waals surface area contributed by atoms with Crippen molar-refractivity contribution >= 4 is 0 Å². The monoisotopic (exact) mass is 191 g/mol. The molecule has 1 aliphatic rings. The van der Waals surface area contributed by atoms with Crippen molar-refractivity contribution in [1.82, 2.24) is 0 Å². The van der Waals surface area contributed by atoms with Gasteiger partial charge in [0.2, 0.25) is 0 Å². The van der Waals surface area contributed by atoms with Crippen LogP contribution in [0.3, 0.4) is 0 Å². The number of hydrogen-bond acceptors (Lipinski definition) is 2. The molecule has 14 heavy (non-hydrogen) atoms. The fourth-order valence-electron chi connectivity index (χ4n) is 2.23. The molecule has 0 aromatic heterocycles. The van der Waals surface area contributed by atoms with Crippen molar-refractivity contribution in [3.8, 4) is 0 Å².